The molecule has 0 aliphatic heterocycles. The van der Waals surface area contributed by atoms with Crippen molar-refractivity contribution in [3.63, 3.8) is 0 Å². The van der Waals surface area contributed by atoms with Crippen LogP contribution in [-0.4, -0.2) is 43.2 Å². The van der Waals surface area contributed by atoms with Crippen molar-refractivity contribution < 1.29 is 58.3 Å². The first-order chi connectivity index (χ1) is 15.7. The van der Waals surface area contributed by atoms with Crippen molar-refractivity contribution >= 4 is 22.0 Å². The Bertz CT molecular complexity index is 1040. The van der Waals surface area contributed by atoms with Crippen molar-refractivity contribution in [2.75, 3.05) is 12.4 Å². The summed E-state index contributed by atoms with van der Waals surface area (Å²) in [4.78, 5) is 24.2. The molecule has 1 aliphatic carbocycles. The molecule has 0 radical (unpaired) electrons. The maximum absolute atomic E-state index is 12.2. The number of hydrogen-bond acceptors (Lipinski definition) is 5. The summed E-state index contributed by atoms with van der Waals surface area (Å²) in [6.07, 6.45) is 15.8. The third-order valence-electron chi connectivity index (χ3n) is 5.45. The predicted molar refractivity (Wildman–Crippen MR) is 137 cm³/mol. The van der Waals surface area contributed by atoms with Crippen LogP contribution in [0.15, 0.2) is 71.4 Å². The van der Waals surface area contributed by atoms with E-state index in [-0.39, 0.29) is 43.0 Å². The summed E-state index contributed by atoms with van der Waals surface area (Å²) in [7, 11) is -4.51. The van der Waals surface area contributed by atoms with Gasteiger partial charge in [-0.2, -0.15) is 8.42 Å². The smallest absolute Gasteiger partial charge is 1.00 e. The Morgan fingerprint density at radius 1 is 1.26 bits per heavy atom. The molecular formula is C26H38NNaO6S. The van der Waals surface area contributed by atoms with Gasteiger partial charge in [0.1, 0.15) is 18.4 Å². The summed E-state index contributed by atoms with van der Waals surface area (Å²) in [5.41, 5.74) is 4.62. The molecule has 1 rings (SSSR count). The van der Waals surface area contributed by atoms with Gasteiger partial charge in [-0.25, -0.2) is 4.79 Å². The summed E-state index contributed by atoms with van der Waals surface area (Å²) < 4.78 is 36.2. The van der Waals surface area contributed by atoms with Gasteiger partial charge >= 0.3 is 35.5 Å². The number of amides is 1. The summed E-state index contributed by atoms with van der Waals surface area (Å²) in [6.45, 7) is 13.7. The van der Waals surface area contributed by atoms with Gasteiger partial charge in [0, 0.05) is 6.08 Å². The molecule has 7 nitrogen and oxygen atoms in total. The van der Waals surface area contributed by atoms with Crippen molar-refractivity contribution in [2.24, 2.45) is 5.41 Å². The van der Waals surface area contributed by atoms with Crippen LogP contribution in [0, 0.1) is 5.41 Å². The van der Waals surface area contributed by atoms with Crippen molar-refractivity contribution in [1.82, 2.24) is 5.32 Å². The number of allylic oxidation sites excluding steroid dienone is 9. The minimum Gasteiger partial charge on any atom is -1.00 e. The minimum atomic E-state index is -4.51. The van der Waals surface area contributed by atoms with E-state index in [1.165, 1.54) is 36.1 Å². The van der Waals surface area contributed by atoms with Crippen molar-refractivity contribution in [3.8, 4) is 0 Å². The van der Waals surface area contributed by atoms with Gasteiger partial charge in [0.25, 0.3) is 10.1 Å². The van der Waals surface area contributed by atoms with Crippen LogP contribution in [0.3, 0.4) is 0 Å². The Balaban J connectivity index is 0. The monoisotopic (exact) mass is 515 g/mol. The van der Waals surface area contributed by atoms with E-state index in [9.17, 15) is 18.0 Å². The van der Waals surface area contributed by atoms with Crippen LogP contribution in [0.4, 0.5) is 0 Å². The van der Waals surface area contributed by atoms with E-state index in [0.29, 0.717) is 5.57 Å². The molecule has 2 N–H and O–H groups in total. The third kappa shape index (κ3) is 13.2. The second-order valence-corrected chi connectivity index (χ2v) is 10.6. The maximum atomic E-state index is 12.2. The molecule has 0 fully saturated rings. The molecule has 0 aromatic heterocycles. The average Bonchev–Trinajstić information content (AvgIpc) is 2.69. The molecule has 9 heteroatoms. The van der Waals surface area contributed by atoms with Gasteiger partial charge in [0.2, 0.25) is 5.91 Å². The van der Waals surface area contributed by atoms with Crippen LogP contribution in [0.25, 0.3) is 0 Å². The Hall–Kier alpha value is -1.71. The van der Waals surface area contributed by atoms with E-state index in [1.807, 2.05) is 13.0 Å². The number of carbonyl (C=O) groups is 2. The number of carbonyl (C=O) groups excluding carboxylic acids is 2. The summed E-state index contributed by atoms with van der Waals surface area (Å²) in [5, 5.41) is 2.25. The minimum absolute atomic E-state index is 0. The van der Waals surface area contributed by atoms with E-state index in [2.05, 4.69) is 44.8 Å². The van der Waals surface area contributed by atoms with Gasteiger partial charge in [0.05, 0.1) is 0 Å². The Labute approximate surface area is 233 Å². The predicted octanol–water partition coefficient (Wildman–Crippen LogP) is 1.74. The van der Waals surface area contributed by atoms with Crippen LogP contribution >= 0.6 is 0 Å². The van der Waals surface area contributed by atoms with Crippen LogP contribution in [0.5, 0.6) is 0 Å². The molecule has 1 aliphatic rings. The second-order valence-electron chi connectivity index (χ2n) is 9.15. The van der Waals surface area contributed by atoms with E-state index in [4.69, 9.17) is 9.29 Å². The first-order valence-electron chi connectivity index (χ1n) is 11.2. The summed E-state index contributed by atoms with van der Waals surface area (Å²) in [6, 6.07) is -1.54. The molecule has 1 atom stereocenters. The largest absolute Gasteiger partial charge is 1.00 e. The molecule has 0 aromatic carbocycles. The maximum Gasteiger partial charge on any atom is 1.00 e. The zero-order chi connectivity index (χ0) is 25.9. The van der Waals surface area contributed by atoms with Crippen molar-refractivity contribution in [3.05, 3.63) is 71.4 Å². The molecule has 0 heterocycles. The van der Waals surface area contributed by atoms with Gasteiger partial charge in [-0.3, -0.25) is 9.35 Å². The zero-order valence-corrected chi connectivity index (χ0v) is 24.6. The number of esters is 1. The summed E-state index contributed by atoms with van der Waals surface area (Å²) in [5.74, 6) is -2.66. The van der Waals surface area contributed by atoms with Crippen LogP contribution in [0.1, 0.15) is 55.3 Å². The fraction of sp³-hybridized carbons (Fsp3) is 0.462. The summed E-state index contributed by atoms with van der Waals surface area (Å²) >= 11 is 0. The Morgan fingerprint density at radius 2 is 1.91 bits per heavy atom. The fourth-order valence-corrected chi connectivity index (χ4v) is 4.36. The van der Waals surface area contributed by atoms with Crippen LogP contribution < -0.4 is 34.9 Å². The number of ether oxygens (including phenoxy) is 1. The van der Waals surface area contributed by atoms with Crippen molar-refractivity contribution in [1.29, 1.82) is 0 Å². The van der Waals surface area contributed by atoms with Gasteiger partial charge in [0.15, 0.2) is 0 Å². The molecule has 0 spiro atoms. The quantitative estimate of drug-likeness (QED) is 0.108. The first kappa shape index (κ1) is 33.3. The average molecular weight is 516 g/mol. The Morgan fingerprint density at radius 3 is 2.49 bits per heavy atom. The van der Waals surface area contributed by atoms with Gasteiger partial charge in [-0.1, -0.05) is 68.0 Å². The van der Waals surface area contributed by atoms with Gasteiger partial charge in [-0.15, -0.1) is 0 Å². The van der Waals surface area contributed by atoms with E-state index < -0.39 is 33.8 Å². The normalized spacial score (nSPS) is 17.8. The molecule has 1 unspecified atom stereocenters. The van der Waals surface area contributed by atoms with Crippen molar-refractivity contribution in [2.45, 2.75) is 59.9 Å². The molecule has 0 saturated heterocycles. The number of rotatable bonds is 11. The number of nitrogens with one attached hydrogen (secondary N) is 1. The SMILES string of the molecule is C=CCOC(=O)C(CS(=O)(=O)O)NC(=O)/C=C(C)/C=C/C=C(C)/C=C/C1=C(C)CCCC1(C)C.[H-].[Na+]. The molecule has 0 saturated carbocycles. The standard InChI is InChI=1S/C26H37NO6S.Na.H/c1-7-16-33-25(29)23(18-34(30,31)32)27-24(28)17-20(3)11-8-10-19(2)13-14-22-21(4)12-9-15-26(22,5)6;;/h7-8,10-11,13-14,17,23H,1,9,12,15-16,18H2,2-6H3,(H,27,28)(H,30,31,32);;/q;+1;-1/b11-8+,14-13+,19-10+,20-17+;;. The van der Waals surface area contributed by atoms with Crippen LogP contribution in [0.2, 0.25) is 0 Å². The van der Waals surface area contributed by atoms with Gasteiger partial charge in [-0.05, 0) is 56.6 Å². The van der Waals surface area contributed by atoms with E-state index >= 15 is 0 Å². The second kappa shape index (κ2) is 15.4. The molecule has 0 aromatic rings. The first-order valence-corrected chi connectivity index (χ1v) is 12.8. The van der Waals surface area contributed by atoms with E-state index in [0.717, 1.165) is 12.0 Å². The molecule has 0 bridgehead atoms. The molecule has 1 amide bonds. The molecule has 190 valence electrons. The molecular weight excluding hydrogens is 477 g/mol. The number of hydrogen-bond donors (Lipinski definition) is 2. The van der Waals surface area contributed by atoms with E-state index in [1.54, 1.807) is 19.1 Å². The molecule has 35 heavy (non-hydrogen) atoms. The van der Waals surface area contributed by atoms with Crippen LogP contribution in [-0.2, 0) is 24.4 Å². The zero-order valence-electron chi connectivity index (χ0n) is 22.8. The third-order valence-corrected chi connectivity index (χ3v) is 6.21. The van der Waals surface area contributed by atoms with Gasteiger partial charge < -0.3 is 11.5 Å². The Kier molecular flexibility index (Phi) is 14.7. The fourth-order valence-electron chi connectivity index (χ4n) is 3.72. The topological polar surface area (TPSA) is 110 Å².